The molecule has 4 nitrogen and oxygen atoms in total. The number of carboxylic acids is 1. The fraction of sp³-hybridized carbons (Fsp3) is 0.897. The van der Waals surface area contributed by atoms with Crippen molar-refractivity contribution in [1.29, 1.82) is 0 Å². The van der Waals surface area contributed by atoms with Gasteiger partial charge in [-0.05, 0) is 116 Å². The van der Waals surface area contributed by atoms with Crippen LogP contribution in [0.15, 0.2) is 12.2 Å². The van der Waals surface area contributed by atoms with Gasteiger partial charge < -0.3 is 15.3 Å². The zero-order valence-corrected chi connectivity index (χ0v) is 21.4. The molecule has 0 radical (unpaired) electrons. The van der Waals surface area contributed by atoms with Crippen LogP contribution in [0, 0.1) is 57.2 Å². The maximum Gasteiger partial charge on any atom is 0.309 e. The third-order valence-electron chi connectivity index (χ3n) is 13.0. The number of allylic oxidation sites excluding steroid dienone is 1. The number of fused-ring (bicyclic) bond motifs is 7. The van der Waals surface area contributed by atoms with E-state index in [-0.39, 0.29) is 51.9 Å². The average molecular weight is 459 g/mol. The van der Waals surface area contributed by atoms with Crippen LogP contribution in [0.1, 0.15) is 92.4 Å². The number of hydrogen-bond donors (Lipinski definition) is 3. The lowest BCUT2D eigenvalue weighted by atomic mass is 9.32. The van der Waals surface area contributed by atoms with Crippen LogP contribution in [-0.4, -0.2) is 33.5 Å². The molecule has 0 aliphatic heterocycles. The fourth-order valence-electron chi connectivity index (χ4n) is 11.2. The minimum Gasteiger partial charge on any atom is -0.481 e. The van der Waals surface area contributed by atoms with Gasteiger partial charge >= 0.3 is 5.97 Å². The topological polar surface area (TPSA) is 77.8 Å². The second-order valence-corrected chi connectivity index (χ2v) is 13.8. The molecule has 5 saturated carbocycles. The lowest BCUT2D eigenvalue weighted by molar-refractivity contribution is -0.267. The van der Waals surface area contributed by atoms with E-state index in [9.17, 15) is 20.1 Å². The summed E-state index contributed by atoms with van der Waals surface area (Å²) >= 11 is 0. The highest BCUT2D eigenvalue weighted by atomic mass is 16.4. The molecule has 33 heavy (non-hydrogen) atoms. The Morgan fingerprint density at radius 2 is 1.58 bits per heavy atom. The molecule has 0 saturated heterocycles. The summed E-state index contributed by atoms with van der Waals surface area (Å²) in [6.45, 7) is 15.9. The van der Waals surface area contributed by atoms with Crippen LogP contribution in [0.4, 0.5) is 0 Å². The maximum absolute atomic E-state index is 12.7. The van der Waals surface area contributed by atoms with Gasteiger partial charge in [0.2, 0.25) is 0 Å². The summed E-state index contributed by atoms with van der Waals surface area (Å²) in [5, 5.41) is 33.0. The number of hydrogen-bond acceptors (Lipinski definition) is 3. The van der Waals surface area contributed by atoms with E-state index in [1.165, 1.54) is 0 Å². The van der Waals surface area contributed by atoms with Gasteiger partial charge in [0, 0.05) is 0 Å². The number of aliphatic carboxylic acids is 1. The van der Waals surface area contributed by atoms with E-state index in [0.29, 0.717) is 5.92 Å². The van der Waals surface area contributed by atoms with Crippen LogP contribution in [0.2, 0.25) is 0 Å². The van der Waals surface area contributed by atoms with E-state index in [4.69, 9.17) is 0 Å². The van der Waals surface area contributed by atoms with Crippen molar-refractivity contribution in [2.45, 2.75) is 105 Å². The Kier molecular flexibility index (Phi) is 5.29. The molecule has 5 rings (SSSR count). The summed E-state index contributed by atoms with van der Waals surface area (Å²) < 4.78 is 0. The first-order chi connectivity index (χ1) is 15.3. The number of aliphatic hydroxyl groups excluding tert-OH is 2. The van der Waals surface area contributed by atoms with Crippen LogP contribution < -0.4 is 0 Å². The molecule has 0 heterocycles. The average Bonchev–Trinajstić information content (AvgIpc) is 3.14. The van der Waals surface area contributed by atoms with Gasteiger partial charge in [0.15, 0.2) is 0 Å². The van der Waals surface area contributed by atoms with Crippen LogP contribution >= 0.6 is 0 Å². The summed E-state index contributed by atoms with van der Waals surface area (Å²) in [6, 6.07) is 0. The number of aliphatic hydroxyl groups is 2. The quantitative estimate of drug-likeness (QED) is 0.466. The van der Waals surface area contributed by atoms with Gasteiger partial charge in [-0.25, -0.2) is 0 Å². The highest BCUT2D eigenvalue weighted by Crippen LogP contribution is 2.76. The molecule has 12 atom stereocenters. The Morgan fingerprint density at radius 1 is 0.879 bits per heavy atom. The van der Waals surface area contributed by atoms with Gasteiger partial charge in [0.05, 0.1) is 17.6 Å². The van der Waals surface area contributed by atoms with E-state index >= 15 is 0 Å². The summed E-state index contributed by atoms with van der Waals surface area (Å²) in [6.07, 6.45) is 7.47. The van der Waals surface area contributed by atoms with Crippen LogP contribution in [-0.2, 0) is 4.79 Å². The predicted octanol–water partition coefficient (Wildman–Crippen LogP) is 5.67. The summed E-state index contributed by atoms with van der Waals surface area (Å²) in [5.74, 6) is 0.860. The highest BCUT2D eigenvalue weighted by Gasteiger charge is 2.73. The SMILES string of the molecule is C=C(C)C1CCC2(C(=O)O)CCC3(C)C(CC(O)C4C5(C)CCC(O)C(C)C5CCC43C)C12. The monoisotopic (exact) mass is 458 g/mol. The second kappa shape index (κ2) is 7.32. The van der Waals surface area contributed by atoms with Gasteiger partial charge in [-0.1, -0.05) is 39.8 Å². The van der Waals surface area contributed by atoms with Gasteiger partial charge in [0.1, 0.15) is 0 Å². The molecule has 12 unspecified atom stereocenters. The standard InChI is InChI=1S/C29H46O4/c1-16(2)18-7-12-29(25(32)33)14-13-27(5)20(23(18)29)15-22(31)24-26(4)10-9-21(30)17(3)19(26)8-11-28(24,27)6/h17-24,30-31H,1,7-15H2,2-6H3,(H,32,33). The minimum absolute atomic E-state index is 0.0184. The number of rotatable bonds is 2. The van der Waals surface area contributed by atoms with Crippen molar-refractivity contribution in [3.8, 4) is 0 Å². The molecule has 5 fully saturated rings. The summed E-state index contributed by atoms with van der Waals surface area (Å²) in [7, 11) is 0. The van der Waals surface area contributed by atoms with Crippen molar-refractivity contribution >= 4 is 5.97 Å². The van der Waals surface area contributed by atoms with Crippen LogP contribution in [0.25, 0.3) is 0 Å². The first kappa shape index (κ1) is 23.9. The Hall–Kier alpha value is -0.870. The van der Waals surface area contributed by atoms with Crippen molar-refractivity contribution in [2.24, 2.45) is 57.2 Å². The van der Waals surface area contributed by atoms with Gasteiger partial charge in [-0.3, -0.25) is 4.79 Å². The lowest BCUT2D eigenvalue weighted by Crippen LogP contribution is -2.69. The molecule has 0 aromatic rings. The molecular formula is C29H46O4. The molecule has 186 valence electrons. The second-order valence-electron chi connectivity index (χ2n) is 13.8. The molecule has 0 spiro atoms. The fourth-order valence-corrected chi connectivity index (χ4v) is 11.2. The van der Waals surface area contributed by atoms with Crippen molar-refractivity contribution in [2.75, 3.05) is 0 Å². The number of carbonyl (C=O) groups is 1. The van der Waals surface area contributed by atoms with Crippen molar-refractivity contribution in [3.05, 3.63) is 12.2 Å². The Bertz CT molecular complexity index is 853. The van der Waals surface area contributed by atoms with E-state index in [0.717, 1.165) is 63.4 Å². The summed E-state index contributed by atoms with van der Waals surface area (Å²) in [5.41, 5.74) is 0.506. The van der Waals surface area contributed by atoms with Gasteiger partial charge in [-0.15, -0.1) is 0 Å². The van der Waals surface area contributed by atoms with Gasteiger partial charge in [-0.2, -0.15) is 0 Å². The molecule has 3 N–H and O–H groups in total. The molecule has 5 aliphatic carbocycles. The molecule has 0 aromatic heterocycles. The molecule has 5 aliphatic rings. The first-order valence-electron chi connectivity index (χ1n) is 13.6. The lowest BCUT2D eigenvalue weighted by Gasteiger charge is -2.72. The Balaban J connectivity index is 1.60. The highest BCUT2D eigenvalue weighted by molar-refractivity contribution is 5.76. The molecule has 0 aromatic carbocycles. The van der Waals surface area contributed by atoms with Crippen LogP contribution in [0.5, 0.6) is 0 Å². The third kappa shape index (κ3) is 2.80. The van der Waals surface area contributed by atoms with E-state index < -0.39 is 17.5 Å². The third-order valence-corrected chi connectivity index (χ3v) is 13.0. The normalized spacial score (nSPS) is 57.9. The number of carboxylic acid groups (broad SMARTS) is 1. The zero-order valence-electron chi connectivity index (χ0n) is 21.4. The van der Waals surface area contributed by atoms with Gasteiger partial charge in [0.25, 0.3) is 0 Å². The van der Waals surface area contributed by atoms with Crippen molar-refractivity contribution in [3.63, 3.8) is 0 Å². The van der Waals surface area contributed by atoms with E-state index in [1.54, 1.807) is 0 Å². The van der Waals surface area contributed by atoms with Crippen LogP contribution in [0.3, 0.4) is 0 Å². The smallest absolute Gasteiger partial charge is 0.309 e. The summed E-state index contributed by atoms with van der Waals surface area (Å²) in [4.78, 5) is 12.7. The van der Waals surface area contributed by atoms with Crippen molar-refractivity contribution in [1.82, 2.24) is 0 Å². The van der Waals surface area contributed by atoms with E-state index in [2.05, 4.69) is 41.2 Å². The largest absolute Gasteiger partial charge is 0.481 e. The predicted molar refractivity (Wildman–Crippen MR) is 129 cm³/mol. The van der Waals surface area contributed by atoms with E-state index in [1.807, 2.05) is 0 Å². The molecule has 0 amide bonds. The minimum atomic E-state index is -0.652. The zero-order chi connectivity index (χ0) is 24.1. The Labute approximate surface area is 200 Å². The molecule has 4 heteroatoms. The Morgan fingerprint density at radius 3 is 2.21 bits per heavy atom. The molecule has 0 bridgehead atoms. The molecular weight excluding hydrogens is 412 g/mol. The first-order valence-corrected chi connectivity index (χ1v) is 13.6. The maximum atomic E-state index is 12.7. The van der Waals surface area contributed by atoms with Crippen molar-refractivity contribution < 1.29 is 20.1 Å².